The van der Waals surface area contributed by atoms with Crippen LogP contribution in [0.1, 0.15) is 9.67 Å². The Kier molecular flexibility index (Phi) is 4.93. The predicted octanol–water partition coefficient (Wildman–Crippen LogP) is 3.43. The van der Waals surface area contributed by atoms with E-state index in [1.54, 1.807) is 12.1 Å². The Morgan fingerprint density at radius 3 is 2.82 bits per heavy atom. The number of imidazole rings is 1. The van der Waals surface area contributed by atoms with Crippen molar-refractivity contribution in [3.05, 3.63) is 69.3 Å². The molecule has 1 N–H and O–H groups in total. The third-order valence-corrected chi connectivity index (χ3v) is 5.49. The van der Waals surface area contributed by atoms with Gasteiger partial charge in [0.15, 0.2) is 0 Å². The first kappa shape index (κ1) is 18.3. The van der Waals surface area contributed by atoms with Crippen molar-refractivity contribution in [1.82, 2.24) is 14.5 Å². The highest BCUT2D eigenvalue weighted by Gasteiger charge is 2.12. The van der Waals surface area contributed by atoms with Crippen LogP contribution in [0.3, 0.4) is 0 Å². The Hall–Kier alpha value is -3.03. The van der Waals surface area contributed by atoms with E-state index in [9.17, 15) is 9.59 Å². The molecule has 0 aliphatic heterocycles. The molecule has 0 unspecified atom stereocenters. The zero-order valence-corrected chi connectivity index (χ0v) is 16.5. The minimum absolute atomic E-state index is 0.113. The number of nitrogens with zero attached hydrogens (tertiary/aromatic N) is 3. The number of likely N-dealkylation sites (N-methyl/N-ethyl adjacent to an activating group) is 1. The lowest BCUT2D eigenvalue weighted by atomic mass is 10.2. The fraction of sp³-hybridized carbons (Fsp3) is 0.190. The maximum atomic E-state index is 12.7. The summed E-state index contributed by atoms with van der Waals surface area (Å²) in [5.74, 6) is -0.292. The fourth-order valence-electron chi connectivity index (χ4n) is 3.07. The zero-order valence-electron chi connectivity index (χ0n) is 15.7. The van der Waals surface area contributed by atoms with Crippen LogP contribution >= 0.6 is 11.3 Å². The number of carbonyl (C=O) groups excluding carboxylic acids is 1. The minimum Gasteiger partial charge on any atom is -0.329 e. The second-order valence-corrected chi connectivity index (χ2v) is 7.90. The molecule has 0 spiro atoms. The molecule has 7 heteroatoms. The SMILES string of the molecule is CN(C)CCn1cnc2cc(NC(=O)c3cc4ccccc4c(=O)s3)ccc21. The summed E-state index contributed by atoms with van der Waals surface area (Å²) >= 11 is 0.959. The van der Waals surface area contributed by atoms with E-state index in [1.807, 2.05) is 56.8 Å². The number of aromatic nitrogens is 2. The van der Waals surface area contributed by atoms with Crippen molar-refractivity contribution in [3.63, 3.8) is 0 Å². The molecule has 1 amide bonds. The van der Waals surface area contributed by atoms with E-state index in [4.69, 9.17) is 0 Å². The number of hydrogen-bond acceptors (Lipinski definition) is 5. The first-order valence-corrected chi connectivity index (χ1v) is 9.77. The van der Waals surface area contributed by atoms with E-state index in [2.05, 4.69) is 19.8 Å². The quantitative estimate of drug-likeness (QED) is 0.565. The van der Waals surface area contributed by atoms with Gasteiger partial charge in [0, 0.05) is 24.2 Å². The number of nitrogens with one attached hydrogen (secondary N) is 1. The first-order valence-electron chi connectivity index (χ1n) is 8.95. The fourth-order valence-corrected chi connectivity index (χ4v) is 3.89. The Bertz CT molecular complexity index is 1230. The van der Waals surface area contributed by atoms with E-state index in [-0.39, 0.29) is 10.6 Å². The van der Waals surface area contributed by atoms with E-state index in [1.165, 1.54) is 0 Å². The summed E-state index contributed by atoms with van der Waals surface area (Å²) in [6, 6.07) is 14.7. The lowest BCUT2D eigenvalue weighted by Crippen LogP contribution is -2.17. The number of carbonyl (C=O) groups is 1. The van der Waals surface area contributed by atoms with Gasteiger partial charge in [-0.05, 0) is 49.8 Å². The topological polar surface area (TPSA) is 67.2 Å². The molecule has 0 atom stereocenters. The van der Waals surface area contributed by atoms with Crippen LogP contribution in [0.25, 0.3) is 21.8 Å². The molecule has 0 bridgehead atoms. The molecule has 0 saturated heterocycles. The van der Waals surface area contributed by atoms with E-state index >= 15 is 0 Å². The van der Waals surface area contributed by atoms with Crippen LogP contribution in [0.4, 0.5) is 5.69 Å². The molecule has 0 fully saturated rings. The molecular weight excluding hydrogens is 372 g/mol. The monoisotopic (exact) mass is 392 g/mol. The minimum atomic E-state index is -0.292. The average Bonchev–Trinajstić information content (AvgIpc) is 3.08. The molecular formula is C21H20N4O2S. The smallest absolute Gasteiger partial charge is 0.265 e. The van der Waals surface area contributed by atoms with Crippen LogP contribution in [-0.2, 0) is 6.54 Å². The van der Waals surface area contributed by atoms with Gasteiger partial charge in [-0.15, -0.1) is 0 Å². The molecule has 4 rings (SSSR count). The van der Waals surface area contributed by atoms with Crippen LogP contribution in [0.2, 0.25) is 0 Å². The molecule has 2 aromatic carbocycles. The van der Waals surface area contributed by atoms with Crippen molar-refractivity contribution < 1.29 is 4.79 Å². The van der Waals surface area contributed by atoms with Crippen molar-refractivity contribution >= 4 is 44.7 Å². The highest BCUT2D eigenvalue weighted by molar-refractivity contribution is 7.12. The highest BCUT2D eigenvalue weighted by atomic mass is 32.1. The summed E-state index contributed by atoms with van der Waals surface area (Å²) < 4.78 is 1.98. The van der Waals surface area contributed by atoms with Crippen LogP contribution in [-0.4, -0.2) is 41.0 Å². The molecule has 2 aromatic heterocycles. The summed E-state index contributed by atoms with van der Waals surface area (Å²) in [5.41, 5.74) is 2.50. The van der Waals surface area contributed by atoms with Crippen molar-refractivity contribution in [1.29, 1.82) is 0 Å². The van der Waals surface area contributed by atoms with Gasteiger partial charge >= 0.3 is 0 Å². The normalized spacial score (nSPS) is 11.4. The number of benzene rings is 2. The van der Waals surface area contributed by atoms with Gasteiger partial charge in [-0.1, -0.05) is 29.5 Å². The molecule has 4 aromatic rings. The Balaban J connectivity index is 1.58. The van der Waals surface area contributed by atoms with Crippen LogP contribution in [0, 0.1) is 0 Å². The molecule has 0 aliphatic rings. The molecule has 6 nitrogen and oxygen atoms in total. The number of amides is 1. The van der Waals surface area contributed by atoms with E-state index in [0.717, 1.165) is 40.8 Å². The summed E-state index contributed by atoms with van der Waals surface area (Å²) in [6.07, 6.45) is 1.81. The molecule has 2 heterocycles. The maximum Gasteiger partial charge on any atom is 0.265 e. The van der Waals surface area contributed by atoms with Crippen molar-refractivity contribution in [2.75, 3.05) is 26.0 Å². The lowest BCUT2D eigenvalue weighted by Gasteiger charge is -2.10. The van der Waals surface area contributed by atoms with Crippen molar-refractivity contribution in [3.8, 4) is 0 Å². The van der Waals surface area contributed by atoms with Gasteiger partial charge in [0.25, 0.3) is 5.91 Å². The van der Waals surface area contributed by atoms with Gasteiger partial charge in [-0.3, -0.25) is 9.59 Å². The van der Waals surface area contributed by atoms with Gasteiger partial charge in [0.05, 0.1) is 22.2 Å². The van der Waals surface area contributed by atoms with Crippen molar-refractivity contribution in [2.45, 2.75) is 6.54 Å². The second-order valence-electron chi connectivity index (χ2n) is 6.88. The largest absolute Gasteiger partial charge is 0.329 e. The first-order chi connectivity index (χ1) is 13.5. The van der Waals surface area contributed by atoms with Crippen LogP contribution < -0.4 is 10.1 Å². The highest BCUT2D eigenvalue weighted by Crippen LogP contribution is 2.20. The Morgan fingerprint density at radius 1 is 1.18 bits per heavy atom. The molecule has 0 saturated carbocycles. The van der Waals surface area contributed by atoms with Crippen LogP contribution in [0.5, 0.6) is 0 Å². The molecule has 28 heavy (non-hydrogen) atoms. The Morgan fingerprint density at radius 2 is 2.00 bits per heavy atom. The number of rotatable bonds is 5. The van der Waals surface area contributed by atoms with E-state index in [0.29, 0.717) is 16.0 Å². The average molecular weight is 392 g/mol. The number of hydrogen-bond donors (Lipinski definition) is 1. The summed E-state index contributed by atoms with van der Waals surface area (Å²) in [5, 5.41) is 4.28. The molecule has 142 valence electrons. The second kappa shape index (κ2) is 7.53. The van der Waals surface area contributed by atoms with Gasteiger partial charge in [-0.25, -0.2) is 4.98 Å². The van der Waals surface area contributed by atoms with E-state index < -0.39 is 0 Å². The lowest BCUT2D eigenvalue weighted by molar-refractivity contribution is 0.103. The van der Waals surface area contributed by atoms with Gasteiger partial charge in [0.1, 0.15) is 0 Å². The standard InChI is InChI=1S/C21H20N4O2S/c1-24(2)9-10-25-13-22-17-12-15(7-8-18(17)25)23-20(26)19-11-14-5-3-4-6-16(14)21(27)28-19/h3-8,11-13H,9-10H2,1-2H3,(H,23,26). The maximum absolute atomic E-state index is 12.7. The third kappa shape index (κ3) is 3.67. The number of anilines is 1. The molecule has 0 radical (unpaired) electrons. The summed E-state index contributed by atoms with van der Waals surface area (Å²) in [6.45, 7) is 1.77. The predicted molar refractivity (Wildman–Crippen MR) is 114 cm³/mol. The van der Waals surface area contributed by atoms with Gasteiger partial charge in [-0.2, -0.15) is 0 Å². The van der Waals surface area contributed by atoms with Gasteiger partial charge in [0.2, 0.25) is 4.74 Å². The zero-order chi connectivity index (χ0) is 19.7. The number of fused-ring (bicyclic) bond motifs is 2. The Labute approximate surface area is 166 Å². The van der Waals surface area contributed by atoms with Crippen molar-refractivity contribution in [2.24, 2.45) is 0 Å². The summed E-state index contributed by atoms with van der Waals surface area (Å²) in [7, 11) is 4.07. The van der Waals surface area contributed by atoms with Gasteiger partial charge < -0.3 is 14.8 Å². The van der Waals surface area contributed by atoms with Crippen LogP contribution in [0.15, 0.2) is 59.7 Å². The third-order valence-electron chi connectivity index (χ3n) is 4.56. The summed E-state index contributed by atoms with van der Waals surface area (Å²) in [4.78, 5) is 31.9. The molecule has 0 aliphatic carbocycles.